The highest BCUT2D eigenvalue weighted by atomic mass is 35.5. The molecule has 1 aliphatic heterocycles. The zero-order chi connectivity index (χ0) is 24.4. The summed E-state index contributed by atoms with van der Waals surface area (Å²) < 4.78 is 20.7. The summed E-state index contributed by atoms with van der Waals surface area (Å²) in [6.45, 7) is 4.49. The standard InChI is InChI=1S/C27H23ClFNO4/c1-16(2)15-34-20-10-5-7-17(13-20)25(31)23-24(21-11-3-4-12-22(21)29)30(27(33)26(23)32)19-9-6-8-18(28)14-19/h3-14,16,24,31H,15H2,1-2H3/b25-23+. The fraction of sp³-hybridized carbons (Fsp3) is 0.185. The maximum absolute atomic E-state index is 14.9. The molecule has 0 spiro atoms. The first-order valence-electron chi connectivity index (χ1n) is 10.8. The number of ketones is 1. The number of halogens is 2. The van der Waals surface area contributed by atoms with Gasteiger partial charge in [0.2, 0.25) is 0 Å². The summed E-state index contributed by atoms with van der Waals surface area (Å²) in [5.41, 5.74) is 0.467. The minimum atomic E-state index is -1.18. The number of carbonyl (C=O) groups is 2. The predicted molar refractivity (Wildman–Crippen MR) is 129 cm³/mol. The molecule has 3 aromatic rings. The van der Waals surface area contributed by atoms with Crippen LogP contribution in [0.3, 0.4) is 0 Å². The summed E-state index contributed by atoms with van der Waals surface area (Å²) in [7, 11) is 0. The third-order valence-electron chi connectivity index (χ3n) is 5.42. The highest BCUT2D eigenvalue weighted by Crippen LogP contribution is 2.43. The van der Waals surface area contributed by atoms with Gasteiger partial charge in [-0.3, -0.25) is 14.5 Å². The molecule has 0 saturated carbocycles. The second kappa shape index (κ2) is 9.69. The van der Waals surface area contributed by atoms with Crippen molar-refractivity contribution in [1.29, 1.82) is 0 Å². The molecule has 4 rings (SSSR count). The van der Waals surface area contributed by atoms with Crippen molar-refractivity contribution in [3.05, 3.63) is 100 Å². The van der Waals surface area contributed by atoms with E-state index >= 15 is 0 Å². The fourth-order valence-corrected chi connectivity index (χ4v) is 4.05. The van der Waals surface area contributed by atoms with E-state index in [-0.39, 0.29) is 16.7 Å². The van der Waals surface area contributed by atoms with Crippen molar-refractivity contribution in [1.82, 2.24) is 0 Å². The number of nitrogens with zero attached hydrogens (tertiary/aromatic N) is 1. The van der Waals surface area contributed by atoms with Gasteiger partial charge in [-0.1, -0.05) is 61.8 Å². The van der Waals surface area contributed by atoms with Crippen LogP contribution in [-0.4, -0.2) is 23.4 Å². The van der Waals surface area contributed by atoms with Gasteiger partial charge in [-0.2, -0.15) is 0 Å². The number of amides is 1. The monoisotopic (exact) mass is 479 g/mol. The Balaban J connectivity index is 1.89. The van der Waals surface area contributed by atoms with Gasteiger partial charge < -0.3 is 9.84 Å². The summed E-state index contributed by atoms with van der Waals surface area (Å²) >= 11 is 6.12. The van der Waals surface area contributed by atoms with E-state index in [2.05, 4.69) is 0 Å². The Hall–Kier alpha value is -3.64. The van der Waals surface area contributed by atoms with Gasteiger partial charge in [-0.05, 0) is 42.3 Å². The summed E-state index contributed by atoms with van der Waals surface area (Å²) in [6.07, 6.45) is 0. The van der Waals surface area contributed by atoms with Crippen LogP contribution in [0.15, 0.2) is 78.4 Å². The van der Waals surface area contributed by atoms with Gasteiger partial charge in [-0.25, -0.2) is 4.39 Å². The molecule has 7 heteroatoms. The van der Waals surface area contributed by atoms with Gasteiger partial charge in [0.05, 0.1) is 18.2 Å². The van der Waals surface area contributed by atoms with Crippen LogP contribution >= 0.6 is 11.6 Å². The molecule has 1 atom stereocenters. The molecule has 1 N–H and O–H groups in total. The third kappa shape index (κ3) is 4.54. The van der Waals surface area contributed by atoms with Crippen LogP contribution in [0.1, 0.15) is 31.0 Å². The number of hydrogen-bond acceptors (Lipinski definition) is 4. The maximum Gasteiger partial charge on any atom is 0.300 e. The minimum Gasteiger partial charge on any atom is -0.507 e. The van der Waals surface area contributed by atoms with Crippen molar-refractivity contribution >= 4 is 34.7 Å². The lowest BCUT2D eigenvalue weighted by molar-refractivity contribution is -0.132. The van der Waals surface area contributed by atoms with Crippen LogP contribution in [0.4, 0.5) is 10.1 Å². The van der Waals surface area contributed by atoms with Crippen molar-refractivity contribution in [2.45, 2.75) is 19.9 Å². The number of benzene rings is 3. The molecule has 1 aliphatic rings. The number of ether oxygens (including phenoxy) is 1. The van der Waals surface area contributed by atoms with Gasteiger partial charge in [0.25, 0.3) is 11.7 Å². The van der Waals surface area contributed by atoms with Crippen molar-refractivity contribution in [3.63, 3.8) is 0 Å². The Morgan fingerprint density at radius 1 is 1.06 bits per heavy atom. The molecule has 5 nitrogen and oxygen atoms in total. The highest BCUT2D eigenvalue weighted by Gasteiger charge is 2.47. The second-order valence-corrected chi connectivity index (χ2v) is 8.84. The van der Waals surface area contributed by atoms with E-state index in [1.54, 1.807) is 48.5 Å². The number of Topliss-reactive ketones (excluding diaryl/α,β-unsaturated/α-hetero) is 1. The van der Waals surface area contributed by atoms with Gasteiger partial charge >= 0.3 is 0 Å². The zero-order valence-corrected chi connectivity index (χ0v) is 19.4. The van der Waals surface area contributed by atoms with Crippen molar-refractivity contribution in [3.8, 4) is 5.75 Å². The van der Waals surface area contributed by atoms with E-state index in [4.69, 9.17) is 16.3 Å². The smallest absolute Gasteiger partial charge is 0.300 e. The van der Waals surface area contributed by atoms with Crippen LogP contribution in [0, 0.1) is 11.7 Å². The summed E-state index contributed by atoms with van der Waals surface area (Å²) in [4.78, 5) is 27.5. The first-order chi connectivity index (χ1) is 16.3. The molecule has 3 aromatic carbocycles. The second-order valence-electron chi connectivity index (χ2n) is 8.40. The predicted octanol–water partition coefficient (Wildman–Crippen LogP) is 6.14. The SMILES string of the molecule is CC(C)COc1cccc(/C(O)=C2\C(=O)C(=O)N(c3cccc(Cl)c3)C2c2ccccc2F)c1. The maximum atomic E-state index is 14.9. The van der Waals surface area contributed by atoms with E-state index < -0.39 is 29.3 Å². The number of aliphatic hydroxyl groups excluding tert-OH is 1. The Kier molecular flexibility index (Phi) is 6.70. The molecule has 1 saturated heterocycles. The molecule has 0 bridgehead atoms. The van der Waals surface area contributed by atoms with Crippen LogP contribution < -0.4 is 9.64 Å². The molecular formula is C27H23ClFNO4. The van der Waals surface area contributed by atoms with Gasteiger partial charge in [0, 0.05) is 21.8 Å². The van der Waals surface area contributed by atoms with E-state index in [1.165, 1.54) is 24.3 Å². The molecule has 1 unspecified atom stereocenters. The van der Waals surface area contributed by atoms with Gasteiger partial charge in [0.1, 0.15) is 17.3 Å². The molecule has 174 valence electrons. The lowest BCUT2D eigenvalue weighted by atomic mass is 9.94. The third-order valence-corrected chi connectivity index (χ3v) is 5.66. The van der Waals surface area contributed by atoms with Gasteiger partial charge in [0.15, 0.2) is 0 Å². The van der Waals surface area contributed by atoms with Crippen molar-refractivity contribution in [2.24, 2.45) is 5.92 Å². The number of anilines is 1. The molecule has 0 aromatic heterocycles. The molecule has 1 fully saturated rings. The van der Waals surface area contributed by atoms with Crippen LogP contribution in [0.25, 0.3) is 5.76 Å². The molecular weight excluding hydrogens is 457 g/mol. The molecule has 1 heterocycles. The average Bonchev–Trinajstić information content (AvgIpc) is 3.08. The first kappa shape index (κ1) is 23.5. The largest absolute Gasteiger partial charge is 0.507 e. The average molecular weight is 480 g/mol. The van der Waals surface area contributed by atoms with Crippen molar-refractivity contribution in [2.75, 3.05) is 11.5 Å². The first-order valence-corrected chi connectivity index (χ1v) is 11.2. The Bertz CT molecular complexity index is 1290. The Morgan fingerprint density at radius 3 is 2.50 bits per heavy atom. The van der Waals surface area contributed by atoms with E-state index in [0.717, 1.165) is 4.90 Å². The van der Waals surface area contributed by atoms with Crippen molar-refractivity contribution < 1.29 is 23.8 Å². The van der Waals surface area contributed by atoms with Crippen LogP contribution in [0.5, 0.6) is 5.75 Å². The molecule has 0 radical (unpaired) electrons. The summed E-state index contributed by atoms with van der Waals surface area (Å²) in [5, 5.41) is 11.6. The molecule has 1 amide bonds. The summed E-state index contributed by atoms with van der Waals surface area (Å²) in [5.74, 6) is -2.03. The molecule has 0 aliphatic carbocycles. The number of aliphatic hydroxyl groups is 1. The van der Waals surface area contributed by atoms with E-state index in [9.17, 15) is 19.1 Å². The van der Waals surface area contributed by atoms with Gasteiger partial charge in [-0.15, -0.1) is 0 Å². The normalized spacial score (nSPS) is 17.4. The topological polar surface area (TPSA) is 66.8 Å². The Labute approximate surface area is 202 Å². The highest BCUT2D eigenvalue weighted by molar-refractivity contribution is 6.51. The van der Waals surface area contributed by atoms with E-state index in [0.29, 0.717) is 29.0 Å². The van der Waals surface area contributed by atoms with Crippen LogP contribution in [-0.2, 0) is 9.59 Å². The minimum absolute atomic E-state index is 0.0791. The Morgan fingerprint density at radius 2 is 1.79 bits per heavy atom. The lowest BCUT2D eigenvalue weighted by Gasteiger charge is -2.26. The number of rotatable bonds is 6. The lowest BCUT2D eigenvalue weighted by Crippen LogP contribution is -2.29. The number of hydrogen-bond donors (Lipinski definition) is 1. The van der Waals surface area contributed by atoms with Crippen LogP contribution in [0.2, 0.25) is 5.02 Å². The molecule has 34 heavy (non-hydrogen) atoms. The summed E-state index contributed by atoms with van der Waals surface area (Å²) in [6, 6.07) is 17.6. The number of carbonyl (C=O) groups excluding carboxylic acids is 2. The fourth-order valence-electron chi connectivity index (χ4n) is 3.87. The van der Waals surface area contributed by atoms with E-state index in [1.807, 2.05) is 13.8 Å². The quantitative estimate of drug-likeness (QED) is 0.262. The zero-order valence-electron chi connectivity index (χ0n) is 18.7.